The van der Waals surface area contributed by atoms with Crippen LogP contribution in [0, 0.1) is 10.1 Å². The quantitative estimate of drug-likeness (QED) is 0.564. The molecular formula is C12H8BrClF2N4O4. The van der Waals surface area contributed by atoms with E-state index in [1.54, 1.807) is 0 Å². The zero-order chi connectivity index (χ0) is 17.9. The Morgan fingerprint density at radius 2 is 2.25 bits per heavy atom. The second-order valence-corrected chi connectivity index (χ2v) is 5.59. The van der Waals surface area contributed by atoms with E-state index in [9.17, 15) is 23.7 Å². The summed E-state index contributed by atoms with van der Waals surface area (Å²) in [7, 11) is 0. The summed E-state index contributed by atoms with van der Waals surface area (Å²) in [5.74, 6) is -1.19. The SMILES string of the molecule is O=C(Cn1cc(Br)c([N+](=O)[O-])n1)Nc1ccc(OC(F)F)c(Cl)c1. The second-order valence-electron chi connectivity index (χ2n) is 4.33. The van der Waals surface area contributed by atoms with Crippen LogP contribution in [0.15, 0.2) is 28.9 Å². The lowest BCUT2D eigenvalue weighted by molar-refractivity contribution is -0.390. The maximum atomic E-state index is 12.1. The van der Waals surface area contributed by atoms with Crippen molar-refractivity contribution in [2.75, 3.05) is 5.32 Å². The van der Waals surface area contributed by atoms with E-state index in [-0.39, 0.29) is 27.5 Å². The van der Waals surface area contributed by atoms with Crippen molar-refractivity contribution in [1.82, 2.24) is 9.78 Å². The van der Waals surface area contributed by atoms with Crippen LogP contribution in [0.25, 0.3) is 0 Å². The Morgan fingerprint density at radius 3 is 2.79 bits per heavy atom. The summed E-state index contributed by atoms with van der Waals surface area (Å²) in [6, 6.07) is 3.74. The highest BCUT2D eigenvalue weighted by molar-refractivity contribution is 9.10. The van der Waals surface area contributed by atoms with Crippen molar-refractivity contribution < 1.29 is 23.2 Å². The normalized spacial score (nSPS) is 10.7. The molecule has 2 rings (SSSR count). The van der Waals surface area contributed by atoms with E-state index < -0.39 is 23.3 Å². The molecule has 0 radical (unpaired) electrons. The van der Waals surface area contributed by atoms with Gasteiger partial charge in [0.15, 0.2) is 0 Å². The van der Waals surface area contributed by atoms with Crippen molar-refractivity contribution in [2.45, 2.75) is 13.2 Å². The molecule has 0 atom stereocenters. The smallest absolute Gasteiger partial charge is 0.404 e. The van der Waals surface area contributed by atoms with Gasteiger partial charge < -0.3 is 20.2 Å². The molecule has 1 N–H and O–H groups in total. The fourth-order valence-electron chi connectivity index (χ4n) is 1.71. The first-order valence-corrected chi connectivity index (χ1v) is 7.35. The van der Waals surface area contributed by atoms with Gasteiger partial charge in [-0.25, -0.2) is 0 Å². The number of aromatic nitrogens is 2. The van der Waals surface area contributed by atoms with Crippen LogP contribution in [0.1, 0.15) is 0 Å². The highest BCUT2D eigenvalue weighted by atomic mass is 79.9. The Kier molecular flexibility index (Phi) is 5.67. The minimum Gasteiger partial charge on any atom is -0.433 e. The zero-order valence-corrected chi connectivity index (χ0v) is 13.9. The van der Waals surface area contributed by atoms with Gasteiger partial charge in [0, 0.05) is 5.69 Å². The number of amides is 1. The molecule has 0 aliphatic rings. The standard InChI is InChI=1S/C12H8BrClF2N4O4/c13-7-4-19(18-11(7)20(22)23)5-10(21)17-6-1-2-9(8(14)3-6)24-12(15)16/h1-4,12H,5H2,(H,17,21). The van der Waals surface area contributed by atoms with Gasteiger partial charge in [-0.2, -0.15) is 13.5 Å². The Labute approximate surface area is 146 Å². The maximum absolute atomic E-state index is 12.1. The minimum absolute atomic E-state index is 0.106. The molecule has 0 aliphatic heterocycles. The fourth-order valence-corrected chi connectivity index (χ4v) is 2.39. The number of carbonyl (C=O) groups excluding carboxylic acids is 1. The fraction of sp³-hybridized carbons (Fsp3) is 0.167. The number of halogens is 4. The summed E-state index contributed by atoms with van der Waals surface area (Å²) < 4.78 is 29.7. The number of benzene rings is 1. The average Bonchev–Trinajstić information content (AvgIpc) is 2.82. The molecule has 24 heavy (non-hydrogen) atoms. The minimum atomic E-state index is -3.02. The van der Waals surface area contributed by atoms with Gasteiger partial charge in [0.2, 0.25) is 5.91 Å². The largest absolute Gasteiger partial charge is 0.433 e. The van der Waals surface area contributed by atoms with E-state index >= 15 is 0 Å². The molecule has 0 fully saturated rings. The van der Waals surface area contributed by atoms with Gasteiger partial charge in [-0.05, 0) is 39.1 Å². The van der Waals surface area contributed by atoms with E-state index in [4.69, 9.17) is 11.6 Å². The predicted octanol–water partition coefficient (Wildman–Crippen LogP) is 3.45. The van der Waals surface area contributed by atoms with Crippen molar-refractivity contribution >= 4 is 44.9 Å². The van der Waals surface area contributed by atoms with Gasteiger partial charge in [-0.1, -0.05) is 11.6 Å². The topological polar surface area (TPSA) is 99.3 Å². The van der Waals surface area contributed by atoms with Crippen molar-refractivity contribution in [3.8, 4) is 5.75 Å². The molecule has 8 nitrogen and oxygen atoms in total. The van der Waals surface area contributed by atoms with Crippen LogP contribution in [0.3, 0.4) is 0 Å². The van der Waals surface area contributed by atoms with Gasteiger partial charge in [0.1, 0.15) is 16.8 Å². The number of nitrogens with zero attached hydrogens (tertiary/aromatic N) is 3. The molecule has 1 aromatic carbocycles. The van der Waals surface area contributed by atoms with Crippen LogP contribution in [0.5, 0.6) is 5.75 Å². The van der Waals surface area contributed by atoms with Crippen LogP contribution in [0.2, 0.25) is 5.02 Å². The summed E-state index contributed by atoms with van der Waals surface area (Å²) in [6.45, 7) is -3.31. The first kappa shape index (κ1) is 18.1. The molecular weight excluding hydrogens is 418 g/mol. The number of ether oxygens (including phenoxy) is 1. The molecule has 1 amide bonds. The molecule has 12 heteroatoms. The lowest BCUT2D eigenvalue weighted by Gasteiger charge is -2.09. The third-order valence-corrected chi connectivity index (χ3v) is 3.46. The summed E-state index contributed by atoms with van der Waals surface area (Å²) in [5.41, 5.74) is 0.243. The average molecular weight is 426 g/mol. The van der Waals surface area contributed by atoms with Crippen LogP contribution in [0.4, 0.5) is 20.3 Å². The zero-order valence-electron chi connectivity index (χ0n) is 11.6. The second kappa shape index (κ2) is 7.53. The number of nitro groups is 1. The molecule has 128 valence electrons. The molecule has 0 unspecified atom stereocenters. The van der Waals surface area contributed by atoms with Gasteiger partial charge in [0.05, 0.1) is 16.3 Å². The van der Waals surface area contributed by atoms with E-state index in [0.717, 1.165) is 4.68 Å². The maximum Gasteiger partial charge on any atom is 0.404 e. The number of nitrogens with one attached hydrogen (secondary N) is 1. The summed E-state index contributed by atoms with van der Waals surface area (Å²) in [6.07, 6.45) is 1.28. The number of carbonyl (C=O) groups is 1. The lowest BCUT2D eigenvalue weighted by Crippen LogP contribution is -2.19. The van der Waals surface area contributed by atoms with Crippen molar-refractivity contribution in [1.29, 1.82) is 0 Å². The van der Waals surface area contributed by atoms with Gasteiger partial charge >= 0.3 is 12.4 Å². The summed E-state index contributed by atoms with van der Waals surface area (Å²) >= 11 is 8.73. The van der Waals surface area contributed by atoms with Crippen molar-refractivity contribution in [2.24, 2.45) is 0 Å². The molecule has 0 saturated carbocycles. The number of anilines is 1. The molecule has 0 bridgehead atoms. The predicted molar refractivity (Wildman–Crippen MR) is 83.3 cm³/mol. The Hall–Kier alpha value is -2.27. The van der Waals surface area contributed by atoms with E-state index in [1.807, 2.05) is 0 Å². The van der Waals surface area contributed by atoms with Crippen LogP contribution in [-0.2, 0) is 11.3 Å². The van der Waals surface area contributed by atoms with E-state index in [2.05, 4.69) is 31.1 Å². The first-order chi connectivity index (χ1) is 11.3. The van der Waals surface area contributed by atoms with Crippen LogP contribution >= 0.6 is 27.5 Å². The van der Waals surface area contributed by atoms with Crippen molar-refractivity contribution in [3.63, 3.8) is 0 Å². The Morgan fingerprint density at radius 1 is 1.54 bits per heavy atom. The number of rotatable bonds is 6. The van der Waals surface area contributed by atoms with Gasteiger partial charge in [-0.15, -0.1) is 0 Å². The summed E-state index contributed by atoms with van der Waals surface area (Å²) in [5, 5.41) is 16.7. The highest BCUT2D eigenvalue weighted by Gasteiger charge is 2.20. The van der Waals surface area contributed by atoms with Gasteiger partial charge in [0.25, 0.3) is 0 Å². The van der Waals surface area contributed by atoms with Crippen LogP contribution in [-0.4, -0.2) is 27.2 Å². The highest BCUT2D eigenvalue weighted by Crippen LogP contribution is 2.29. The van der Waals surface area contributed by atoms with Gasteiger partial charge in [-0.3, -0.25) is 4.79 Å². The Balaban J connectivity index is 2.03. The van der Waals surface area contributed by atoms with Crippen LogP contribution < -0.4 is 10.1 Å². The molecule has 1 heterocycles. The first-order valence-electron chi connectivity index (χ1n) is 6.18. The number of hydrogen-bond donors (Lipinski definition) is 1. The number of hydrogen-bond acceptors (Lipinski definition) is 5. The molecule has 0 saturated heterocycles. The van der Waals surface area contributed by atoms with E-state index in [1.165, 1.54) is 24.4 Å². The monoisotopic (exact) mass is 424 g/mol. The van der Waals surface area contributed by atoms with Crippen molar-refractivity contribution in [3.05, 3.63) is 44.0 Å². The molecule has 2 aromatic rings. The third-order valence-electron chi connectivity index (χ3n) is 2.61. The molecule has 0 aliphatic carbocycles. The van der Waals surface area contributed by atoms with E-state index in [0.29, 0.717) is 0 Å². The Bertz CT molecular complexity index is 786. The lowest BCUT2D eigenvalue weighted by atomic mass is 10.3. The molecule has 1 aromatic heterocycles. The molecule has 0 spiro atoms. The third kappa shape index (κ3) is 4.61. The summed E-state index contributed by atoms with van der Waals surface area (Å²) in [4.78, 5) is 21.9. The number of alkyl halides is 2.